The Hall–Kier alpha value is -2.43. The van der Waals surface area contributed by atoms with Crippen LogP contribution in [-0.2, 0) is 14.3 Å². The third kappa shape index (κ3) is 4.35. The Morgan fingerprint density at radius 2 is 1.40 bits per heavy atom. The minimum Gasteiger partial charge on any atom is -0.378 e. The van der Waals surface area contributed by atoms with Gasteiger partial charge in [-0.25, -0.2) is 22.0 Å². The molecule has 2 rings (SSSR count). The fourth-order valence-electron chi connectivity index (χ4n) is 2.10. The first-order valence-corrected chi connectivity index (χ1v) is 7.24. The first kappa shape index (κ1) is 18.9. The molecule has 0 aliphatic carbocycles. The normalized spacial score (nSPS) is 14.4. The summed E-state index contributed by atoms with van der Waals surface area (Å²) in [6.07, 6.45) is -0.511. The van der Waals surface area contributed by atoms with Crippen molar-refractivity contribution >= 4 is 17.5 Å². The van der Waals surface area contributed by atoms with Gasteiger partial charge in [0.2, 0.25) is 17.6 Å². The van der Waals surface area contributed by atoms with Crippen molar-refractivity contribution in [1.29, 1.82) is 0 Å². The molecule has 0 unspecified atom stereocenters. The number of anilines is 1. The van der Waals surface area contributed by atoms with E-state index < -0.39 is 40.7 Å². The molecule has 2 amide bonds. The van der Waals surface area contributed by atoms with Crippen LogP contribution >= 0.6 is 0 Å². The molecule has 11 heteroatoms. The highest BCUT2D eigenvalue weighted by Crippen LogP contribution is 2.26. The van der Waals surface area contributed by atoms with Crippen molar-refractivity contribution in [2.45, 2.75) is 12.8 Å². The zero-order chi connectivity index (χ0) is 18.6. The fourth-order valence-corrected chi connectivity index (χ4v) is 2.10. The SMILES string of the molecule is O=C(CCC(=O)N1CCOCC1)NNc1c(F)c(F)c(F)c(F)c1F. The molecule has 1 aromatic carbocycles. The number of benzene rings is 1. The van der Waals surface area contributed by atoms with E-state index in [1.807, 2.05) is 0 Å². The van der Waals surface area contributed by atoms with Gasteiger partial charge in [-0.05, 0) is 0 Å². The van der Waals surface area contributed by atoms with E-state index in [9.17, 15) is 31.5 Å². The lowest BCUT2D eigenvalue weighted by atomic mass is 10.2. The first-order valence-electron chi connectivity index (χ1n) is 7.24. The number of hydrazine groups is 1. The summed E-state index contributed by atoms with van der Waals surface area (Å²) in [5, 5.41) is 0. The number of ether oxygens (including phenoxy) is 1. The maximum Gasteiger partial charge on any atom is 0.238 e. The predicted molar refractivity (Wildman–Crippen MR) is 74.6 cm³/mol. The Morgan fingerprint density at radius 1 is 0.880 bits per heavy atom. The minimum atomic E-state index is -2.30. The molecule has 0 spiro atoms. The second kappa shape index (κ2) is 8.10. The number of nitrogens with one attached hydrogen (secondary N) is 2. The summed E-state index contributed by atoms with van der Waals surface area (Å²) in [5.41, 5.74) is 2.06. The lowest BCUT2D eigenvalue weighted by Crippen LogP contribution is -2.41. The van der Waals surface area contributed by atoms with Crippen LogP contribution in [0.4, 0.5) is 27.6 Å². The molecule has 0 atom stereocenters. The lowest BCUT2D eigenvalue weighted by Gasteiger charge is -2.26. The highest BCUT2D eigenvalue weighted by molar-refractivity contribution is 5.84. The van der Waals surface area contributed by atoms with Crippen molar-refractivity contribution in [2.24, 2.45) is 0 Å². The van der Waals surface area contributed by atoms with Crippen LogP contribution in [0.3, 0.4) is 0 Å². The number of rotatable bonds is 5. The first-order chi connectivity index (χ1) is 11.8. The molecule has 1 aliphatic heterocycles. The van der Waals surface area contributed by atoms with Gasteiger partial charge < -0.3 is 9.64 Å². The van der Waals surface area contributed by atoms with Crippen LogP contribution in [0.2, 0.25) is 0 Å². The number of amides is 2. The fraction of sp³-hybridized carbons (Fsp3) is 0.429. The zero-order valence-corrected chi connectivity index (χ0v) is 12.8. The third-order valence-electron chi connectivity index (χ3n) is 3.47. The molecule has 2 N–H and O–H groups in total. The topological polar surface area (TPSA) is 70.7 Å². The minimum absolute atomic E-state index is 0.176. The van der Waals surface area contributed by atoms with Crippen LogP contribution in [-0.4, -0.2) is 43.0 Å². The number of carbonyl (C=O) groups is 2. The van der Waals surface area contributed by atoms with E-state index >= 15 is 0 Å². The molecular formula is C14H14F5N3O3. The summed E-state index contributed by atoms with van der Waals surface area (Å²) in [6.45, 7) is 1.56. The molecule has 0 aromatic heterocycles. The highest BCUT2D eigenvalue weighted by Gasteiger charge is 2.26. The molecule has 1 aliphatic rings. The third-order valence-corrected chi connectivity index (χ3v) is 3.47. The van der Waals surface area contributed by atoms with Crippen molar-refractivity contribution in [3.63, 3.8) is 0 Å². The Balaban J connectivity index is 1.89. The number of hydrogen-bond donors (Lipinski definition) is 2. The molecule has 0 radical (unpaired) electrons. The van der Waals surface area contributed by atoms with Crippen LogP contribution in [0.5, 0.6) is 0 Å². The second-order valence-electron chi connectivity index (χ2n) is 5.11. The smallest absolute Gasteiger partial charge is 0.238 e. The van der Waals surface area contributed by atoms with Crippen LogP contribution in [0.15, 0.2) is 0 Å². The average Bonchev–Trinajstić information content (AvgIpc) is 2.63. The van der Waals surface area contributed by atoms with Crippen molar-refractivity contribution in [3.8, 4) is 0 Å². The summed E-state index contributed by atoms with van der Waals surface area (Å²) >= 11 is 0. The van der Waals surface area contributed by atoms with Crippen molar-refractivity contribution in [3.05, 3.63) is 29.1 Å². The van der Waals surface area contributed by atoms with Gasteiger partial charge in [-0.2, -0.15) is 0 Å². The van der Waals surface area contributed by atoms with E-state index in [1.165, 1.54) is 4.90 Å². The van der Waals surface area contributed by atoms with Gasteiger partial charge in [-0.3, -0.25) is 20.4 Å². The van der Waals surface area contributed by atoms with E-state index in [0.717, 1.165) is 0 Å². The average molecular weight is 367 g/mol. The second-order valence-corrected chi connectivity index (χ2v) is 5.11. The quantitative estimate of drug-likeness (QED) is 0.358. The largest absolute Gasteiger partial charge is 0.378 e. The van der Waals surface area contributed by atoms with Crippen LogP contribution in [0, 0.1) is 29.1 Å². The Bertz CT molecular complexity index is 651. The van der Waals surface area contributed by atoms with Crippen molar-refractivity contribution in [2.75, 3.05) is 31.7 Å². The van der Waals surface area contributed by atoms with Gasteiger partial charge in [0, 0.05) is 25.9 Å². The van der Waals surface area contributed by atoms with Gasteiger partial charge in [0.25, 0.3) is 0 Å². The predicted octanol–water partition coefficient (Wildman–Crippen LogP) is 1.46. The van der Waals surface area contributed by atoms with Gasteiger partial charge in [0.15, 0.2) is 23.3 Å². The van der Waals surface area contributed by atoms with E-state index in [-0.39, 0.29) is 18.7 Å². The lowest BCUT2D eigenvalue weighted by molar-refractivity contribution is -0.137. The van der Waals surface area contributed by atoms with E-state index in [1.54, 1.807) is 10.9 Å². The van der Waals surface area contributed by atoms with E-state index in [4.69, 9.17) is 4.74 Å². The van der Waals surface area contributed by atoms with Crippen LogP contribution < -0.4 is 10.9 Å². The van der Waals surface area contributed by atoms with Gasteiger partial charge in [-0.15, -0.1) is 0 Å². The molecule has 6 nitrogen and oxygen atoms in total. The number of morpholine rings is 1. The molecule has 0 saturated carbocycles. The van der Waals surface area contributed by atoms with Gasteiger partial charge in [0.1, 0.15) is 5.69 Å². The summed E-state index contributed by atoms with van der Waals surface area (Å²) in [4.78, 5) is 24.9. The molecule has 1 aromatic rings. The van der Waals surface area contributed by atoms with Crippen molar-refractivity contribution < 1.29 is 36.3 Å². The molecule has 1 saturated heterocycles. The molecule has 0 bridgehead atoms. The summed E-state index contributed by atoms with van der Waals surface area (Å²) in [7, 11) is 0. The highest BCUT2D eigenvalue weighted by atomic mass is 19.2. The number of carbonyl (C=O) groups excluding carboxylic acids is 2. The Kier molecular flexibility index (Phi) is 6.12. The van der Waals surface area contributed by atoms with Gasteiger partial charge in [-0.1, -0.05) is 0 Å². The number of nitrogens with zero attached hydrogens (tertiary/aromatic N) is 1. The molecule has 25 heavy (non-hydrogen) atoms. The van der Waals surface area contributed by atoms with E-state index in [0.29, 0.717) is 26.3 Å². The summed E-state index contributed by atoms with van der Waals surface area (Å²) in [6, 6.07) is 0. The zero-order valence-electron chi connectivity index (χ0n) is 12.8. The van der Waals surface area contributed by atoms with Crippen LogP contribution in [0.1, 0.15) is 12.8 Å². The maximum absolute atomic E-state index is 13.4. The summed E-state index contributed by atoms with van der Waals surface area (Å²) in [5.74, 6) is -12.0. The molecular weight excluding hydrogens is 353 g/mol. The standard InChI is InChI=1S/C14H14F5N3O3/c15-9-10(16)12(18)14(13(19)11(9)17)21-20-7(23)1-2-8(24)22-3-5-25-6-4-22/h21H,1-6H2,(H,20,23). The Labute approximate surface area is 138 Å². The number of halogens is 5. The maximum atomic E-state index is 13.4. The van der Waals surface area contributed by atoms with Gasteiger partial charge >= 0.3 is 0 Å². The van der Waals surface area contributed by atoms with Gasteiger partial charge in [0.05, 0.1) is 13.2 Å². The van der Waals surface area contributed by atoms with Crippen LogP contribution in [0.25, 0.3) is 0 Å². The summed E-state index contributed by atoms with van der Waals surface area (Å²) < 4.78 is 70.8. The molecule has 1 heterocycles. The van der Waals surface area contributed by atoms with Crippen molar-refractivity contribution in [1.82, 2.24) is 10.3 Å². The number of hydrogen-bond acceptors (Lipinski definition) is 4. The monoisotopic (exact) mass is 367 g/mol. The molecule has 138 valence electrons. The van der Waals surface area contributed by atoms with E-state index in [2.05, 4.69) is 0 Å². The molecule has 1 fully saturated rings. The Morgan fingerprint density at radius 3 is 1.96 bits per heavy atom.